The summed E-state index contributed by atoms with van der Waals surface area (Å²) in [5.41, 5.74) is 16.2. The van der Waals surface area contributed by atoms with Crippen LogP contribution in [0.15, 0.2) is 186 Å². The summed E-state index contributed by atoms with van der Waals surface area (Å²) in [4.78, 5) is 5.57. The Balaban J connectivity index is 1.05. The Bertz CT molecular complexity index is 3110. The quantitative estimate of drug-likeness (QED) is 0.143. The molecule has 0 bridgehead atoms. The number of rotatable bonds is 8. The van der Waals surface area contributed by atoms with E-state index < -0.39 is 0 Å². The topological polar surface area (TPSA) is 30.4 Å². The zero-order chi connectivity index (χ0) is 38.0. The van der Waals surface area contributed by atoms with Crippen LogP contribution in [0, 0.1) is 0 Å². The van der Waals surface area contributed by atoms with Crippen LogP contribution in [0.5, 0.6) is 0 Å². The summed E-state index contributed by atoms with van der Waals surface area (Å²) in [6, 6.07) is 54.6. The van der Waals surface area contributed by atoms with Gasteiger partial charge >= 0.3 is 0 Å². The molecule has 0 N–H and O–H groups in total. The summed E-state index contributed by atoms with van der Waals surface area (Å²) in [5.74, 6) is 0.179. The number of hydrogen-bond donors (Lipinski definition) is 0. The first-order valence-corrected chi connectivity index (χ1v) is 19.9. The van der Waals surface area contributed by atoms with Gasteiger partial charge in [-0.25, -0.2) is 0 Å². The molecule has 3 heteroatoms. The first kappa shape index (κ1) is 33.4. The summed E-state index contributed by atoms with van der Waals surface area (Å²) in [7, 11) is 0. The molecule has 57 heavy (non-hydrogen) atoms. The number of hydrogen-bond acceptors (Lipinski definition) is 2. The lowest BCUT2D eigenvalue weighted by Crippen LogP contribution is -2.14. The van der Waals surface area contributed by atoms with Gasteiger partial charge in [0.05, 0.1) is 11.2 Å². The highest BCUT2D eigenvalue weighted by atomic mass is 16.3. The highest BCUT2D eigenvalue weighted by Gasteiger charge is 2.31. The van der Waals surface area contributed by atoms with E-state index in [9.17, 15) is 0 Å². The SMILES string of the molecule is C=CC(=NC(CC(=C)c1ccc2c(c1)oc1ccc3ccccc3c12)n1c2c(c3cc(C4c5ccccc5-c5ccccc54)ccc31)C=CCC2)c1ccccc1. The molecule has 0 spiro atoms. The minimum Gasteiger partial charge on any atom is -0.456 e. The van der Waals surface area contributed by atoms with Crippen LogP contribution in [0.2, 0.25) is 0 Å². The number of fused-ring (bicyclic) bond motifs is 11. The van der Waals surface area contributed by atoms with E-state index in [0.717, 1.165) is 57.2 Å². The molecule has 9 aromatic rings. The molecule has 0 aliphatic heterocycles. The lowest BCUT2D eigenvalue weighted by molar-refractivity contribution is 0.534. The van der Waals surface area contributed by atoms with Gasteiger partial charge in [0.25, 0.3) is 0 Å². The second-order valence-electron chi connectivity index (χ2n) is 15.4. The minimum atomic E-state index is -0.266. The molecule has 0 saturated carbocycles. The van der Waals surface area contributed by atoms with Crippen molar-refractivity contribution in [2.24, 2.45) is 4.99 Å². The average Bonchev–Trinajstić information content (AvgIpc) is 3.93. The van der Waals surface area contributed by atoms with Gasteiger partial charge in [0.1, 0.15) is 17.3 Å². The molecule has 2 aliphatic carbocycles. The van der Waals surface area contributed by atoms with Crippen molar-refractivity contribution < 1.29 is 4.42 Å². The monoisotopic (exact) mass is 732 g/mol. The Morgan fingerprint density at radius 3 is 2.28 bits per heavy atom. The molecule has 0 fully saturated rings. The smallest absolute Gasteiger partial charge is 0.136 e. The zero-order valence-electron chi connectivity index (χ0n) is 31.7. The van der Waals surface area contributed by atoms with Gasteiger partial charge < -0.3 is 8.98 Å². The molecule has 2 aromatic heterocycles. The minimum absolute atomic E-state index is 0.179. The standard InChI is InChI=1S/C54H40N2O/c1-3-47(36-16-5-4-6-17-36)55-52(31-34(2)37-25-28-45-51(33-37)57-50-30-27-35-15-7-8-18-39(35)54(45)50)56-48-24-14-13-21-42(48)46-32-38(26-29-49(46)56)53-43-22-11-9-19-40(43)41-20-10-12-23-44(41)53/h3-13,15-23,25-30,32-33,52-53H,1-2,14,24,31H2. The van der Waals surface area contributed by atoms with Gasteiger partial charge in [-0.05, 0) is 105 Å². The third kappa shape index (κ3) is 5.38. The Morgan fingerprint density at radius 1 is 0.719 bits per heavy atom. The number of benzene rings is 7. The van der Waals surface area contributed by atoms with Crippen molar-refractivity contribution >= 4 is 61.0 Å². The lowest BCUT2D eigenvalue weighted by atomic mass is 9.88. The van der Waals surface area contributed by atoms with Crippen LogP contribution in [-0.2, 0) is 6.42 Å². The Kier molecular flexibility index (Phi) is 7.82. The second kappa shape index (κ2) is 13.4. The highest BCUT2D eigenvalue weighted by molar-refractivity contribution is 6.19. The first-order chi connectivity index (χ1) is 28.1. The lowest BCUT2D eigenvalue weighted by Gasteiger charge is -2.23. The van der Waals surface area contributed by atoms with E-state index in [1.807, 2.05) is 12.1 Å². The maximum absolute atomic E-state index is 6.50. The number of aromatic nitrogens is 1. The van der Waals surface area contributed by atoms with Crippen molar-refractivity contribution in [1.82, 2.24) is 4.57 Å². The van der Waals surface area contributed by atoms with Gasteiger partial charge in [-0.15, -0.1) is 0 Å². The van der Waals surface area contributed by atoms with Crippen molar-refractivity contribution in [3.8, 4) is 11.1 Å². The van der Waals surface area contributed by atoms with Crippen LogP contribution >= 0.6 is 0 Å². The fraction of sp³-hybridized carbons (Fsp3) is 0.0926. The second-order valence-corrected chi connectivity index (χ2v) is 15.4. The third-order valence-electron chi connectivity index (χ3n) is 12.2. The summed E-state index contributed by atoms with van der Waals surface area (Å²) in [5, 5.41) is 5.95. The van der Waals surface area contributed by atoms with Crippen molar-refractivity contribution in [3.05, 3.63) is 216 Å². The predicted molar refractivity (Wildman–Crippen MR) is 239 cm³/mol. The van der Waals surface area contributed by atoms with E-state index >= 15 is 0 Å². The normalized spacial score (nSPS) is 14.3. The van der Waals surface area contributed by atoms with Crippen LogP contribution in [0.4, 0.5) is 0 Å². The Hall–Kier alpha value is -6.97. The molecule has 1 unspecified atom stereocenters. The van der Waals surface area contributed by atoms with Gasteiger partial charge in [-0.1, -0.05) is 147 Å². The van der Waals surface area contributed by atoms with E-state index in [-0.39, 0.29) is 12.1 Å². The van der Waals surface area contributed by atoms with E-state index in [0.29, 0.717) is 6.42 Å². The van der Waals surface area contributed by atoms with Gasteiger partial charge in [0.15, 0.2) is 0 Å². The van der Waals surface area contributed by atoms with E-state index in [4.69, 9.17) is 16.0 Å². The largest absolute Gasteiger partial charge is 0.456 e. The van der Waals surface area contributed by atoms with Crippen LogP contribution in [-0.4, -0.2) is 10.3 Å². The zero-order valence-corrected chi connectivity index (χ0v) is 31.7. The van der Waals surface area contributed by atoms with Crippen LogP contribution in [0.3, 0.4) is 0 Å². The molecule has 7 aromatic carbocycles. The fourth-order valence-corrected chi connectivity index (χ4v) is 9.62. The van der Waals surface area contributed by atoms with Crippen molar-refractivity contribution in [2.75, 3.05) is 0 Å². The molecule has 0 amide bonds. The summed E-state index contributed by atoms with van der Waals surface area (Å²) in [6.07, 6.45) is 8.82. The van der Waals surface area contributed by atoms with Crippen LogP contribution in [0.25, 0.3) is 66.4 Å². The molecule has 0 radical (unpaired) electrons. The summed E-state index contributed by atoms with van der Waals surface area (Å²) < 4.78 is 9.00. The van der Waals surface area contributed by atoms with Gasteiger partial charge in [-0.2, -0.15) is 0 Å². The first-order valence-electron chi connectivity index (χ1n) is 19.9. The summed E-state index contributed by atoms with van der Waals surface area (Å²) in [6.45, 7) is 8.97. The molecule has 2 heterocycles. The molecule has 0 saturated heterocycles. The van der Waals surface area contributed by atoms with Crippen molar-refractivity contribution in [3.63, 3.8) is 0 Å². The molecule has 11 rings (SSSR count). The van der Waals surface area contributed by atoms with E-state index in [1.165, 1.54) is 60.8 Å². The van der Waals surface area contributed by atoms with Crippen molar-refractivity contribution in [1.29, 1.82) is 0 Å². The summed E-state index contributed by atoms with van der Waals surface area (Å²) >= 11 is 0. The molecular weight excluding hydrogens is 693 g/mol. The molecule has 2 aliphatic rings. The predicted octanol–water partition coefficient (Wildman–Crippen LogP) is 14.1. The number of allylic oxidation sites excluding steroid dienone is 2. The van der Waals surface area contributed by atoms with Crippen LogP contribution in [0.1, 0.15) is 64.0 Å². The fourth-order valence-electron chi connectivity index (χ4n) is 9.62. The maximum Gasteiger partial charge on any atom is 0.136 e. The number of furan rings is 1. The molecule has 1 atom stereocenters. The van der Waals surface area contributed by atoms with Gasteiger partial charge in [0, 0.05) is 39.8 Å². The number of aliphatic imine (C=N–C) groups is 1. The van der Waals surface area contributed by atoms with E-state index in [2.05, 4.69) is 169 Å². The molecule has 272 valence electrons. The van der Waals surface area contributed by atoms with Crippen molar-refractivity contribution in [2.45, 2.75) is 31.3 Å². The van der Waals surface area contributed by atoms with Crippen LogP contribution < -0.4 is 0 Å². The Labute approximate surface area is 332 Å². The number of nitrogens with zero attached hydrogens (tertiary/aromatic N) is 2. The van der Waals surface area contributed by atoms with E-state index in [1.54, 1.807) is 0 Å². The maximum atomic E-state index is 6.50. The highest BCUT2D eigenvalue weighted by Crippen LogP contribution is 2.49. The Morgan fingerprint density at radius 2 is 1.47 bits per heavy atom. The third-order valence-corrected chi connectivity index (χ3v) is 12.2. The molecule has 3 nitrogen and oxygen atoms in total. The van der Waals surface area contributed by atoms with Gasteiger partial charge in [-0.3, -0.25) is 4.99 Å². The molecular formula is C54H40N2O. The van der Waals surface area contributed by atoms with Gasteiger partial charge in [0.2, 0.25) is 0 Å². The average molecular weight is 733 g/mol.